The molecule has 4 N–H and O–H groups in total. The van der Waals surface area contributed by atoms with Crippen molar-refractivity contribution in [3.63, 3.8) is 0 Å². The third-order valence-corrected chi connectivity index (χ3v) is 5.24. The van der Waals surface area contributed by atoms with Crippen LogP contribution < -0.4 is 26.2 Å². The summed E-state index contributed by atoms with van der Waals surface area (Å²) >= 11 is 5.89. The third kappa shape index (κ3) is 4.42. The number of carbonyl (C=O) groups excluding carboxylic acids is 2. The number of benzene rings is 2. The first-order valence-corrected chi connectivity index (χ1v) is 10.1. The first kappa shape index (κ1) is 21.4. The predicted octanol–water partition coefficient (Wildman–Crippen LogP) is 3.55. The molecule has 2 amide bonds. The van der Waals surface area contributed by atoms with Crippen LogP contribution in [0, 0.1) is 6.92 Å². The van der Waals surface area contributed by atoms with Gasteiger partial charge in [-0.1, -0.05) is 17.7 Å². The van der Waals surface area contributed by atoms with E-state index in [1.807, 2.05) is 13.0 Å². The molecule has 0 radical (unpaired) electrons. The van der Waals surface area contributed by atoms with E-state index < -0.39 is 23.3 Å². The summed E-state index contributed by atoms with van der Waals surface area (Å²) in [5.74, 6) is -1.29. The molecular weight excluding hydrogens is 434 g/mol. The molecule has 1 aliphatic heterocycles. The highest BCUT2D eigenvalue weighted by atomic mass is 35.5. The summed E-state index contributed by atoms with van der Waals surface area (Å²) in [4.78, 5) is 45.1. The van der Waals surface area contributed by atoms with Gasteiger partial charge in [-0.15, -0.1) is 0 Å². The summed E-state index contributed by atoms with van der Waals surface area (Å²) in [6.45, 7) is 1.88. The quantitative estimate of drug-likeness (QED) is 0.468. The zero-order chi connectivity index (χ0) is 22.8. The number of halogens is 1. The maximum Gasteiger partial charge on any atom is 0.258 e. The van der Waals surface area contributed by atoms with Crippen LogP contribution in [0.3, 0.4) is 0 Å². The lowest BCUT2D eigenvalue weighted by atomic mass is 9.92. The number of aromatic nitrogens is 2. The van der Waals surface area contributed by atoms with Gasteiger partial charge in [-0.25, -0.2) is 0 Å². The number of carbonyl (C=O) groups is 2. The van der Waals surface area contributed by atoms with E-state index in [1.54, 1.807) is 36.4 Å². The second-order valence-corrected chi connectivity index (χ2v) is 7.74. The molecule has 0 fully saturated rings. The number of rotatable bonds is 5. The average Bonchev–Trinajstić information content (AvgIpc) is 2.74. The number of ether oxygens (including phenoxy) is 1. The number of anilines is 4. The fraction of sp³-hybridized carbons (Fsp3) is 0.182. The number of aryl methyl sites for hydroxylation is 1. The maximum absolute atomic E-state index is 13.1. The number of hydrogen-bond acceptors (Lipinski definition) is 6. The normalized spacial score (nSPS) is 14.8. The Kier molecular flexibility index (Phi) is 5.83. The predicted molar refractivity (Wildman–Crippen MR) is 122 cm³/mol. The van der Waals surface area contributed by atoms with Crippen molar-refractivity contribution in [2.45, 2.75) is 19.3 Å². The molecule has 2 aromatic carbocycles. The molecular formula is C22H20ClN5O4. The van der Waals surface area contributed by atoms with E-state index in [9.17, 15) is 14.4 Å². The number of nitrogens with zero attached hydrogens (tertiary/aromatic N) is 1. The van der Waals surface area contributed by atoms with Gasteiger partial charge in [0.25, 0.3) is 5.56 Å². The third-order valence-electron chi connectivity index (χ3n) is 4.99. The summed E-state index contributed by atoms with van der Waals surface area (Å²) in [5.41, 5.74) is 1.58. The molecule has 2 heterocycles. The molecule has 1 aromatic heterocycles. The summed E-state index contributed by atoms with van der Waals surface area (Å²) in [6, 6.07) is 12.1. The van der Waals surface area contributed by atoms with Crippen molar-refractivity contribution in [1.82, 2.24) is 9.97 Å². The van der Waals surface area contributed by atoms with Crippen molar-refractivity contribution in [1.29, 1.82) is 0 Å². The minimum absolute atomic E-state index is 0.0396. The number of methoxy groups -OCH3 is 1. The first-order chi connectivity index (χ1) is 15.3. The monoisotopic (exact) mass is 453 g/mol. The first-order valence-electron chi connectivity index (χ1n) is 9.76. The summed E-state index contributed by atoms with van der Waals surface area (Å²) < 4.78 is 5.29. The van der Waals surface area contributed by atoms with Crippen molar-refractivity contribution in [3.8, 4) is 5.75 Å². The molecule has 10 heteroatoms. The molecule has 4 rings (SSSR count). The Hall–Kier alpha value is -3.85. The molecule has 1 atom stereocenters. The van der Waals surface area contributed by atoms with E-state index in [0.717, 1.165) is 5.56 Å². The van der Waals surface area contributed by atoms with Gasteiger partial charge >= 0.3 is 0 Å². The summed E-state index contributed by atoms with van der Waals surface area (Å²) in [7, 11) is 1.49. The van der Waals surface area contributed by atoms with Crippen molar-refractivity contribution in [3.05, 3.63) is 69.0 Å². The molecule has 0 saturated carbocycles. The van der Waals surface area contributed by atoms with Crippen LogP contribution in [-0.2, 0) is 9.59 Å². The molecule has 0 aliphatic carbocycles. The van der Waals surface area contributed by atoms with Gasteiger partial charge in [-0.2, -0.15) is 4.98 Å². The van der Waals surface area contributed by atoms with Crippen LogP contribution in [0.4, 0.5) is 23.1 Å². The number of nitrogens with one attached hydrogen (secondary N) is 4. The summed E-state index contributed by atoms with van der Waals surface area (Å²) in [6.07, 6.45) is -0.179. The lowest BCUT2D eigenvalue weighted by Gasteiger charge is -2.24. The fourth-order valence-electron chi connectivity index (χ4n) is 3.46. The maximum atomic E-state index is 13.1. The highest BCUT2D eigenvalue weighted by molar-refractivity contribution is 6.30. The lowest BCUT2D eigenvalue weighted by molar-refractivity contribution is -0.123. The molecule has 0 unspecified atom stereocenters. The smallest absolute Gasteiger partial charge is 0.258 e. The van der Waals surface area contributed by atoms with Gasteiger partial charge in [0.05, 0.1) is 24.3 Å². The van der Waals surface area contributed by atoms with Gasteiger partial charge in [-0.05, 0) is 48.9 Å². The molecule has 0 saturated heterocycles. The van der Waals surface area contributed by atoms with Crippen LogP contribution in [0.1, 0.15) is 23.5 Å². The number of H-pyrrole nitrogens is 1. The zero-order valence-corrected chi connectivity index (χ0v) is 18.0. The Morgan fingerprint density at radius 3 is 2.66 bits per heavy atom. The van der Waals surface area contributed by atoms with Gasteiger partial charge in [0.1, 0.15) is 11.6 Å². The number of amides is 2. The number of hydrogen-bond donors (Lipinski definition) is 4. The topological polar surface area (TPSA) is 125 Å². The van der Waals surface area contributed by atoms with Gasteiger partial charge < -0.3 is 20.7 Å². The highest BCUT2D eigenvalue weighted by Crippen LogP contribution is 2.32. The Bertz CT molecular complexity index is 1260. The van der Waals surface area contributed by atoms with Gasteiger partial charge in [-0.3, -0.25) is 19.4 Å². The van der Waals surface area contributed by atoms with Crippen molar-refractivity contribution < 1.29 is 14.3 Å². The van der Waals surface area contributed by atoms with Crippen molar-refractivity contribution in [2.75, 3.05) is 23.1 Å². The molecule has 3 aromatic rings. The Morgan fingerprint density at radius 1 is 1.19 bits per heavy atom. The minimum Gasteiger partial charge on any atom is -0.495 e. The molecule has 1 aliphatic rings. The van der Waals surface area contributed by atoms with Gasteiger partial charge in [0, 0.05) is 17.1 Å². The largest absolute Gasteiger partial charge is 0.495 e. The molecule has 0 spiro atoms. The second kappa shape index (κ2) is 8.72. The molecule has 32 heavy (non-hydrogen) atoms. The minimum atomic E-state index is -1.01. The van der Waals surface area contributed by atoms with Crippen LogP contribution in [0.15, 0.2) is 47.3 Å². The second-order valence-electron chi connectivity index (χ2n) is 7.31. The Balaban J connectivity index is 1.65. The van der Waals surface area contributed by atoms with E-state index in [2.05, 4.69) is 25.9 Å². The van der Waals surface area contributed by atoms with Crippen LogP contribution in [0.2, 0.25) is 5.02 Å². The standard InChI is InChI=1S/C22H20ClN5O4/c1-11-3-8-16(32-2)15(9-11)25-20(30)14-10-17(29)26-19-18(14)21(31)28-22(27-19)24-13-6-4-12(23)5-7-13/h3-9,14H,10H2,1-2H3,(H,25,30)(H3,24,26,27,28,29,31)/t14-/m1/s1. The summed E-state index contributed by atoms with van der Waals surface area (Å²) in [5, 5.41) is 8.86. The fourth-order valence-corrected chi connectivity index (χ4v) is 3.59. The van der Waals surface area contributed by atoms with Gasteiger partial charge in [0.2, 0.25) is 17.8 Å². The Morgan fingerprint density at radius 2 is 1.94 bits per heavy atom. The molecule has 164 valence electrons. The van der Waals surface area contributed by atoms with Crippen LogP contribution in [0.25, 0.3) is 0 Å². The number of aromatic amines is 1. The average molecular weight is 454 g/mol. The van der Waals surface area contributed by atoms with E-state index in [1.165, 1.54) is 7.11 Å². The van der Waals surface area contributed by atoms with E-state index in [0.29, 0.717) is 22.1 Å². The zero-order valence-electron chi connectivity index (χ0n) is 17.3. The van der Waals surface area contributed by atoms with Crippen molar-refractivity contribution >= 4 is 46.6 Å². The lowest BCUT2D eigenvalue weighted by Crippen LogP contribution is -2.36. The molecule has 0 bridgehead atoms. The highest BCUT2D eigenvalue weighted by Gasteiger charge is 2.35. The van der Waals surface area contributed by atoms with Crippen LogP contribution >= 0.6 is 11.6 Å². The number of fused-ring (bicyclic) bond motifs is 1. The van der Waals surface area contributed by atoms with Crippen LogP contribution in [0.5, 0.6) is 5.75 Å². The van der Waals surface area contributed by atoms with Gasteiger partial charge in [0.15, 0.2) is 0 Å². The van der Waals surface area contributed by atoms with E-state index >= 15 is 0 Å². The Labute approximate surface area is 188 Å². The van der Waals surface area contributed by atoms with E-state index in [4.69, 9.17) is 16.3 Å². The van der Waals surface area contributed by atoms with Crippen molar-refractivity contribution in [2.24, 2.45) is 0 Å². The van der Waals surface area contributed by atoms with Crippen LogP contribution in [-0.4, -0.2) is 28.9 Å². The molecule has 9 nitrogen and oxygen atoms in total. The van der Waals surface area contributed by atoms with E-state index in [-0.39, 0.29) is 23.8 Å². The SMILES string of the molecule is COc1ccc(C)cc1NC(=O)[C@@H]1CC(=O)Nc2nc(Nc3ccc(Cl)cc3)[nH]c(=O)c21.